The van der Waals surface area contributed by atoms with Crippen molar-refractivity contribution >= 4 is 11.6 Å². The van der Waals surface area contributed by atoms with E-state index >= 15 is 0 Å². The number of benzene rings is 1. The number of carbonyl (C=O) groups is 1. The van der Waals surface area contributed by atoms with Crippen molar-refractivity contribution in [1.29, 1.82) is 5.26 Å². The first-order valence-electron chi connectivity index (χ1n) is 11.8. The number of nitrogens with one attached hydrogen (secondary N) is 1. The predicted octanol–water partition coefficient (Wildman–Crippen LogP) is 3.20. The van der Waals surface area contributed by atoms with Gasteiger partial charge < -0.3 is 25.0 Å². The van der Waals surface area contributed by atoms with Crippen molar-refractivity contribution in [2.45, 2.75) is 31.8 Å². The fraction of sp³-hybridized carbons (Fsp3) is 0.333. The number of anilines is 1. The van der Waals surface area contributed by atoms with E-state index in [4.69, 9.17) is 19.8 Å². The van der Waals surface area contributed by atoms with Crippen molar-refractivity contribution in [2.75, 3.05) is 31.7 Å². The lowest BCUT2D eigenvalue weighted by atomic mass is 9.92. The second-order valence-electron chi connectivity index (χ2n) is 8.68. The van der Waals surface area contributed by atoms with Crippen LogP contribution in [0.1, 0.15) is 46.1 Å². The lowest BCUT2D eigenvalue weighted by molar-refractivity contribution is 0.0518. The number of ether oxygens (including phenoxy) is 2. The minimum atomic E-state index is -1.00. The van der Waals surface area contributed by atoms with Gasteiger partial charge in [-0.05, 0) is 66.8 Å². The van der Waals surface area contributed by atoms with E-state index in [0.717, 1.165) is 35.2 Å². The van der Waals surface area contributed by atoms with Crippen LogP contribution in [-0.2, 0) is 4.74 Å². The van der Waals surface area contributed by atoms with Gasteiger partial charge >= 0.3 is 0 Å². The van der Waals surface area contributed by atoms with Crippen LogP contribution in [0.5, 0.6) is 5.88 Å². The minimum Gasteiger partial charge on any atom is -0.475 e. The molecule has 9 nitrogen and oxygen atoms in total. The number of nitriles is 1. The maximum Gasteiger partial charge on any atom is 0.255 e. The largest absolute Gasteiger partial charge is 0.475 e. The van der Waals surface area contributed by atoms with Gasteiger partial charge in [-0.2, -0.15) is 5.26 Å². The van der Waals surface area contributed by atoms with Gasteiger partial charge in [-0.25, -0.2) is 9.97 Å². The molecule has 0 unspecified atom stereocenters. The van der Waals surface area contributed by atoms with Crippen molar-refractivity contribution < 1.29 is 24.5 Å². The van der Waals surface area contributed by atoms with Crippen LogP contribution in [0.15, 0.2) is 48.7 Å². The van der Waals surface area contributed by atoms with E-state index in [-0.39, 0.29) is 24.1 Å². The summed E-state index contributed by atoms with van der Waals surface area (Å²) in [5.41, 5.74) is 4.73. The summed E-state index contributed by atoms with van der Waals surface area (Å²) < 4.78 is 11.2. The lowest BCUT2D eigenvalue weighted by Crippen LogP contribution is -2.22. The zero-order valence-electron chi connectivity index (χ0n) is 20.0. The maximum atomic E-state index is 12.8. The van der Waals surface area contributed by atoms with Crippen LogP contribution in [0.2, 0.25) is 0 Å². The van der Waals surface area contributed by atoms with Gasteiger partial charge in [0.05, 0.1) is 6.61 Å². The summed E-state index contributed by atoms with van der Waals surface area (Å²) >= 11 is 0. The average Bonchev–Trinajstić information content (AvgIpc) is 2.93. The summed E-state index contributed by atoms with van der Waals surface area (Å²) in [7, 11) is 0. The highest BCUT2D eigenvalue weighted by atomic mass is 16.5. The zero-order chi connectivity index (χ0) is 25.5. The van der Waals surface area contributed by atoms with Crippen LogP contribution in [-0.4, -0.2) is 58.6 Å². The molecule has 0 spiro atoms. The van der Waals surface area contributed by atoms with Crippen LogP contribution in [0, 0.1) is 18.3 Å². The standard InChI is InChI=1S/C27H28N4O5/c1-17-2-3-21(30-27(34)19-4-7-29-22(10-19)14-28)13-24(17)20-11-25(18-5-8-35-9-6-18)31-26(12-20)36-16-23(33)15-32/h2-4,7,10-13,18,23,32-33H,5-6,8-9,15-16H2,1H3,(H,30,34)/t23-/m1/s1. The second kappa shape index (κ2) is 11.7. The van der Waals surface area contributed by atoms with Crippen LogP contribution in [0.4, 0.5) is 5.69 Å². The van der Waals surface area contributed by atoms with Gasteiger partial charge in [0.2, 0.25) is 5.88 Å². The Labute approximate surface area is 209 Å². The fourth-order valence-electron chi connectivity index (χ4n) is 4.04. The highest BCUT2D eigenvalue weighted by Gasteiger charge is 2.20. The molecule has 0 bridgehead atoms. The Balaban J connectivity index is 1.65. The van der Waals surface area contributed by atoms with Crippen molar-refractivity contribution in [2.24, 2.45) is 0 Å². The van der Waals surface area contributed by atoms with Gasteiger partial charge in [0.1, 0.15) is 24.5 Å². The fourth-order valence-corrected chi connectivity index (χ4v) is 4.04. The molecule has 3 aromatic rings. The first-order chi connectivity index (χ1) is 17.5. The molecular formula is C27H28N4O5. The number of rotatable bonds is 8. The summed E-state index contributed by atoms with van der Waals surface area (Å²) in [6.07, 6.45) is 2.12. The number of hydrogen-bond donors (Lipinski definition) is 3. The van der Waals surface area contributed by atoms with Crippen LogP contribution >= 0.6 is 0 Å². The zero-order valence-corrected chi connectivity index (χ0v) is 20.0. The molecule has 36 heavy (non-hydrogen) atoms. The quantitative estimate of drug-likeness (QED) is 0.440. The highest BCUT2D eigenvalue weighted by Crippen LogP contribution is 2.34. The van der Waals surface area contributed by atoms with Crippen molar-refractivity contribution in [3.63, 3.8) is 0 Å². The first kappa shape index (κ1) is 25.3. The molecular weight excluding hydrogens is 460 g/mol. The molecule has 1 fully saturated rings. The lowest BCUT2D eigenvalue weighted by Gasteiger charge is -2.23. The third-order valence-corrected chi connectivity index (χ3v) is 6.04. The molecule has 1 aromatic carbocycles. The molecule has 4 rings (SSSR count). The minimum absolute atomic E-state index is 0.0775. The molecule has 1 atom stereocenters. The molecule has 3 N–H and O–H groups in total. The Hall–Kier alpha value is -3.84. The van der Waals surface area contributed by atoms with Crippen LogP contribution in [0.3, 0.4) is 0 Å². The molecule has 0 saturated carbocycles. The molecule has 3 heterocycles. The van der Waals surface area contributed by atoms with Gasteiger partial charge in [-0.15, -0.1) is 0 Å². The molecule has 2 aromatic heterocycles. The Bertz CT molecular complexity index is 1270. The number of aliphatic hydroxyl groups excluding tert-OH is 2. The van der Waals surface area contributed by atoms with E-state index in [1.165, 1.54) is 12.3 Å². The van der Waals surface area contributed by atoms with E-state index in [0.29, 0.717) is 30.3 Å². The van der Waals surface area contributed by atoms with Crippen LogP contribution < -0.4 is 10.1 Å². The smallest absolute Gasteiger partial charge is 0.255 e. The Morgan fingerprint density at radius 3 is 2.81 bits per heavy atom. The van der Waals surface area contributed by atoms with Gasteiger partial charge in [0.25, 0.3) is 5.91 Å². The molecule has 9 heteroatoms. The average molecular weight is 489 g/mol. The van der Waals surface area contributed by atoms with Gasteiger partial charge in [0.15, 0.2) is 0 Å². The number of amides is 1. The predicted molar refractivity (Wildman–Crippen MR) is 133 cm³/mol. The molecule has 1 saturated heterocycles. The van der Waals surface area contributed by atoms with Crippen LogP contribution in [0.25, 0.3) is 11.1 Å². The summed E-state index contributed by atoms with van der Waals surface area (Å²) in [4.78, 5) is 21.3. The molecule has 1 aliphatic rings. The summed E-state index contributed by atoms with van der Waals surface area (Å²) in [6.45, 7) is 2.83. The van der Waals surface area contributed by atoms with E-state index in [2.05, 4.69) is 15.3 Å². The van der Waals surface area contributed by atoms with E-state index in [1.807, 2.05) is 37.3 Å². The van der Waals surface area contributed by atoms with E-state index in [9.17, 15) is 9.90 Å². The SMILES string of the molecule is Cc1ccc(NC(=O)c2ccnc(C#N)c2)cc1-c1cc(OC[C@H](O)CO)nc(C2CCOCC2)c1. The number of aromatic nitrogens is 2. The first-order valence-corrected chi connectivity index (χ1v) is 11.8. The van der Waals surface area contributed by atoms with E-state index < -0.39 is 12.7 Å². The number of pyridine rings is 2. The Morgan fingerprint density at radius 2 is 2.06 bits per heavy atom. The normalized spacial score (nSPS) is 14.6. The van der Waals surface area contributed by atoms with E-state index in [1.54, 1.807) is 12.1 Å². The molecule has 186 valence electrons. The second-order valence-corrected chi connectivity index (χ2v) is 8.68. The molecule has 1 amide bonds. The van der Waals surface area contributed by atoms with Crippen molar-refractivity contribution in [3.8, 4) is 23.1 Å². The maximum absolute atomic E-state index is 12.8. The topological polar surface area (TPSA) is 138 Å². The third kappa shape index (κ3) is 6.23. The number of aliphatic hydroxyl groups is 2. The van der Waals surface area contributed by atoms with Gasteiger partial charge in [0, 0.05) is 48.3 Å². The van der Waals surface area contributed by atoms with Crippen molar-refractivity contribution in [1.82, 2.24) is 9.97 Å². The number of aryl methyl sites for hydroxylation is 1. The third-order valence-electron chi connectivity index (χ3n) is 6.04. The number of carbonyl (C=O) groups excluding carboxylic acids is 1. The summed E-state index contributed by atoms with van der Waals surface area (Å²) in [5.74, 6) is 0.229. The van der Waals surface area contributed by atoms with Crippen molar-refractivity contribution in [3.05, 3.63) is 71.2 Å². The molecule has 1 aliphatic heterocycles. The summed E-state index contributed by atoms with van der Waals surface area (Å²) in [5, 5.41) is 30.8. The number of hydrogen-bond acceptors (Lipinski definition) is 8. The van der Waals surface area contributed by atoms with Gasteiger partial charge in [-0.1, -0.05) is 6.07 Å². The molecule has 0 radical (unpaired) electrons. The Morgan fingerprint density at radius 1 is 1.25 bits per heavy atom. The highest BCUT2D eigenvalue weighted by molar-refractivity contribution is 6.04. The van der Waals surface area contributed by atoms with Gasteiger partial charge in [-0.3, -0.25) is 4.79 Å². The molecule has 0 aliphatic carbocycles. The number of nitrogens with zero attached hydrogens (tertiary/aromatic N) is 3. The summed E-state index contributed by atoms with van der Waals surface area (Å²) in [6, 6.07) is 14.4. The monoisotopic (exact) mass is 488 g/mol. The Kier molecular flexibility index (Phi) is 8.23.